The van der Waals surface area contributed by atoms with Gasteiger partial charge >= 0.3 is 0 Å². The number of rotatable bonds is 9. The summed E-state index contributed by atoms with van der Waals surface area (Å²) in [7, 11) is 1.59. The van der Waals surface area contributed by atoms with Gasteiger partial charge in [-0.25, -0.2) is 0 Å². The number of nitrogens with zero attached hydrogens (tertiary/aromatic N) is 2. The van der Waals surface area contributed by atoms with E-state index in [1.165, 1.54) is 6.26 Å². The Hall–Kier alpha value is -4.33. The second-order valence-electron chi connectivity index (χ2n) is 7.35. The van der Waals surface area contributed by atoms with Crippen molar-refractivity contribution in [3.63, 3.8) is 0 Å². The minimum Gasteiger partial charge on any atom is -0.497 e. The third kappa shape index (κ3) is 5.68. The van der Waals surface area contributed by atoms with Gasteiger partial charge in [0.25, 0.3) is 5.91 Å². The molecule has 2 aromatic heterocycles. The maximum absolute atomic E-state index is 13.0. The van der Waals surface area contributed by atoms with Crippen LogP contribution < -0.4 is 15.4 Å². The second-order valence-corrected chi connectivity index (χ2v) is 7.35. The van der Waals surface area contributed by atoms with Crippen LogP contribution in [0, 0.1) is 0 Å². The van der Waals surface area contributed by atoms with Gasteiger partial charge in [0.1, 0.15) is 17.2 Å². The van der Waals surface area contributed by atoms with Gasteiger partial charge in [0.05, 0.1) is 38.6 Å². The van der Waals surface area contributed by atoms with E-state index in [4.69, 9.17) is 9.15 Å². The van der Waals surface area contributed by atoms with Gasteiger partial charge in [-0.1, -0.05) is 42.5 Å². The number of carbonyl (C=O) groups excluding carboxylic acids is 2. The molecular weight excluding hydrogens is 420 g/mol. The molecule has 0 aliphatic carbocycles. The standard InChI is InChI=1S/C25H24N4O4/c1-32-20-10-5-9-19(13-20)24-22(17-29(28-24)16-18-7-3-2-4-8-18)25(31)27-15-23(30)26-14-21-11-6-12-33-21/h2-13,17H,14-16H2,1H3,(H,26,30)(H,27,31). The topological polar surface area (TPSA) is 98.4 Å². The van der Waals surface area contributed by atoms with Gasteiger partial charge in [-0.05, 0) is 29.8 Å². The molecule has 33 heavy (non-hydrogen) atoms. The lowest BCUT2D eigenvalue weighted by Gasteiger charge is -2.07. The Kier molecular flexibility index (Phi) is 6.84. The van der Waals surface area contributed by atoms with Gasteiger partial charge in [-0.3, -0.25) is 14.3 Å². The number of methoxy groups -OCH3 is 1. The van der Waals surface area contributed by atoms with E-state index in [0.717, 1.165) is 11.1 Å². The van der Waals surface area contributed by atoms with Crippen LogP contribution in [-0.2, 0) is 17.9 Å². The fraction of sp³-hybridized carbons (Fsp3) is 0.160. The molecule has 2 N–H and O–H groups in total. The van der Waals surface area contributed by atoms with Crippen LogP contribution in [0.2, 0.25) is 0 Å². The maximum atomic E-state index is 13.0. The first-order valence-electron chi connectivity index (χ1n) is 10.5. The molecule has 168 valence electrons. The van der Waals surface area contributed by atoms with Gasteiger partial charge in [-0.15, -0.1) is 0 Å². The van der Waals surface area contributed by atoms with Crippen molar-refractivity contribution in [2.24, 2.45) is 0 Å². The first-order chi connectivity index (χ1) is 16.1. The molecule has 2 amide bonds. The molecule has 0 spiro atoms. The van der Waals surface area contributed by atoms with E-state index < -0.39 is 0 Å². The van der Waals surface area contributed by atoms with Crippen molar-refractivity contribution in [1.29, 1.82) is 0 Å². The van der Waals surface area contributed by atoms with Crippen molar-refractivity contribution < 1.29 is 18.7 Å². The fourth-order valence-corrected chi connectivity index (χ4v) is 3.34. The average Bonchev–Trinajstić information content (AvgIpc) is 3.52. The van der Waals surface area contributed by atoms with E-state index in [1.54, 1.807) is 30.1 Å². The van der Waals surface area contributed by atoms with Crippen LogP contribution in [0.1, 0.15) is 21.7 Å². The Balaban J connectivity index is 1.51. The molecule has 0 saturated heterocycles. The maximum Gasteiger partial charge on any atom is 0.255 e. The molecule has 0 fully saturated rings. The number of benzene rings is 2. The van der Waals surface area contributed by atoms with Crippen molar-refractivity contribution in [2.75, 3.05) is 13.7 Å². The van der Waals surface area contributed by atoms with E-state index in [1.807, 2.05) is 54.6 Å². The van der Waals surface area contributed by atoms with Gasteiger partial charge in [-0.2, -0.15) is 5.10 Å². The zero-order chi connectivity index (χ0) is 23.0. The normalized spacial score (nSPS) is 10.6. The van der Waals surface area contributed by atoms with Crippen LogP contribution in [0.5, 0.6) is 5.75 Å². The SMILES string of the molecule is COc1cccc(-c2nn(Cc3ccccc3)cc2C(=O)NCC(=O)NCc2ccco2)c1. The molecule has 4 aromatic rings. The van der Waals surface area contributed by atoms with Crippen LogP contribution in [-0.4, -0.2) is 35.2 Å². The molecule has 8 heteroatoms. The number of hydrogen-bond donors (Lipinski definition) is 2. The Morgan fingerprint density at radius 2 is 1.88 bits per heavy atom. The lowest BCUT2D eigenvalue weighted by molar-refractivity contribution is -0.120. The Labute approximate surface area is 191 Å². The first kappa shape index (κ1) is 21.9. The number of amides is 2. The summed E-state index contributed by atoms with van der Waals surface area (Å²) in [6, 6.07) is 20.7. The minimum absolute atomic E-state index is 0.166. The average molecular weight is 444 g/mol. The Morgan fingerprint density at radius 3 is 2.64 bits per heavy atom. The lowest BCUT2D eigenvalue weighted by atomic mass is 10.1. The number of aromatic nitrogens is 2. The van der Waals surface area contributed by atoms with Crippen molar-refractivity contribution in [1.82, 2.24) is 20.4 Å². The minimum atomic E-state index is -0.389. The van der Waals surface area contributed by atoms with Crippen LogP contribution in [0.15, 0.2) is 83.6 Å². The second kappa shape index (κ2) is 10.3. The number of ether oxygens (including phenoxy) is 1. The van der Waals surface area contributed by atoms with Crippen LogP contribution in [0.3, 0.4) is 0 Å². The first-order valence-corrected chi connectivity index (χ1v) is 10.5. The Morgan fingerprint density at radius 1 is 1.03 bits per heavy atom. The summed E-state index contributed by atoms with van der Waals surface area (Å²) in [5, 5.41) is 10.0. The zero-order valence-corrected chi connectivity index (χ0v) is 18.2. The summed E-state index contributed by atoms with van der Waals surface area (Å²) in [4.78, 5) is 25.2. The number of hydrogen-bond acceptors (Lipinski definition) is 5. The third-order valence-electron chi connectivity index (χ3n) is 4.99. The highest BCUT2D eigenvalue weighted by molar-refractivity contribution is 6.01. The molecular formula is C25H24N4O4. The molecule has 0 bridgehead atoms. The summed E-state index contributed by atoms with van der Waals surface area (Å²) < 4.78 is 12.2. The highest BCUT2D eigenvalue weighted by atomic mass is 16.5. The highest BCUT2D eigenvalue weighted by Gasteiger charge is 2.19. The smallest absolute Gasteiger partial charge is 0.255 e. The Bertz CT molecular complexity index is 1220. The van der Waals surface area contributed by atoms with Gasteiger partial charge in [0.15, 0.2) is 0 Å². The summed E-state index contributed by atoms with van der Waals surface area (Å²) >= 11 is 0. The van der Waals surface area contributed by atoms with E-state index in [0.29, 0.717) is 29.3 Å². The monoisotopic (exact) mass is 444 g/mol. The lowest BCUT2D eigenvalue weighted by Crippen LogP contribution is -2.36. The summed E-state index contributed by atoms with van der Waals surface area (Å²) in [5.74, 6) is 0.589. The molecule has 8 nitrogen and oxygen atoms in total. The molecule has 4 rings (SSSR count). The zero-order valence-electron chi connectivity index (χ0n) is 18.2. The molecule has 0 unspecified atom stereocenters. The predicted molar refractivity (Wildman–Crippen MR) is 123 cm³/mol. The van der Waals surface area contributed by atoms with E-state index in [2.05, 4.69) is 15.7 Å². The van der Waals surface area contributed by atoms with Crippen LogP contribution in [0.25, 0.3) is 11.3 Å². The third-order valence-corrected chi connectivity index (χ3v) is 4.99. The van der Waals surface area contributed by atoms with Gasteiger partial charge in [0, 0.05) is 11.8 Å². The van der Waals surface area contributed by atoms with E-state index in [9.17, 15) is 9.59 Å². The van der Waals surface area contributed by atoms with Crippen LogP contribution in [0.4, 0.5) is 0 Å². The molecule has 0 radical (unpaired) electrons. The fourth-order valence-electron chi connectivity index (χ4n) is 3.34. The van der Waals surface area contributed by atoms with E-state index >= 15 is 0 Å². The van der Waals surface area contributed by atoms with Crippen molar-refractivity contribution in [2.45, 2.75) is 13.1 Å². The summed E-state index contributed by atoms with van der Waals surface area (Å²) in [6.45, 7) is 0.599. The molecule has 0 aliphatic rings. The number of furan rings is 1. The molecule has 0 saturated carbocycles. The summed E-state index contributed by atoms with van der Waals surface area (Å²) in [6.07, 6.45) is 3.23. The molecule has 2 aromatic carbocycles. The molecule has 2 heterocycles. The van der Waals surface area contributed by atoms with Gasteiger partial charge in [0.2, 0.25) is 5.91 Å². The van der Waals surface area contributed by atoms with Crippen molar-refractivity contribution in [3.8, 4) is 17.0 Å². The number of nitrogens with one attached hydrogen (secondary N) is 2. The molecule has 0 aliphatic heterocycles. The number of carbonyl (C=O) groups is 2. The van der Waals surface area contributed by atoms with Crippen molar-refractivity contribution in [3.05, 3.63) is 96.1 Å². The summed E-state index contributed by atoms with van der Waals surface area (Å²) in [5.41, 5.74) is 2.69. The molecule has 0 atom stereocenters. The van der Waals surface area contributed by atoms with Crippen molar-refractivity contribution >= 4 is 11.8 Å². The highest BCUT2D eigenvalue weighted by Crippen LogP contribution is 2.26. The van der Waals surface area contributed by atoms with Crippen LogP contribution >= 0.6 is 0 Å². The van der Waals surface area contributed by atoms with E-state index in [-0.39, 0.29) is 24.9 Å². The quantitative estimate of drug-likeness (QED) is 0.413. The predicted octanol–water partition coefficient (Wildman–Crippen LogP) is 3.25. The largest absolute Gasteiger partial charge is 0.497 e. The van der Waals surface area contributed by atoms with Gasteiger partial charge < -0.3 is 19.8 Å².